The third-order valence-electron chi connectivity index (χ3n) is 2.76. The average Bonchev–Trinajstić information content (AvgIpc) is 2.63. The van der Waals surface area contributed by atoms with E-state index in [-0.39, 0.29) is 18.1 Å². The first kappa shape index (κ1) is 13.7. The molecule has 18 heavy (non-hydrogen) atoms. The van der Waals surface area contributed by atoms with Gasteiger partial charge < -0.3 is 10.2 Å². The van der Waals surface area contributed by atoms with Gasteiger partial charge in [-0.3, -0.25) is 0 Å². The van der Waals surface area contributed by atoms with Crippen molar-refractivity contribution in [2.45, 2.75) is 17.1 Å². The van der Waals surface area contributed by atoms with Crippen LogP contribution in [0.15, 0.2) is 23.1 Å². The second-order valence-electron chi connectivity index (χ2n) is 4.01. The van der Waals surface area contributed by atoms with Gasteiger partial charge in [-0.25, -0.2) is 12.8 Å². The first-order chi connectivity index (χ1) is 8.34. The molecule has 0 saturated carbocycles. The molecule has 0 aromatic heterocycles. The SMILES string of the molecule is O=S(=O)(c1cccc(Cl)c1F)N1CC(O)C(O)C1. The predicted octanol–water partition coefficient (Wildman–Crippen LogP) is 0.205. The lowest BCUT2D eigenvalue weighted by atomic mass is 10.3. The summed E-state index contributed by atoms with van der Waals surface area (Å²) in [7, 11) is -4.10. The summed E-state index contributed by atoms with van der Waals surface area (Å²) in [4.78, 5) is -0.559. The lowest BCUT2D eigenvalue weighted by molar-refractivity contribution is 0.0572. The van der Waals surface area contributed by atoms with Crippen LogP contribution >= 0.6 is 11.6 Å². The zero-order chi connectivity index (χ0) is 13.5. The normalized spacial score (nSPS) is 25.6. The van der Waals surface area contributed by atoms with E-state index in [9.17, 15) is 23.0 Å². The van der Waals surface area contributed by atoms with E-state index in [1.807, 2.05) is 0 Å². The van der Waals surface area contributed by atoms with Gasteiger partial charge in [-0.05, 0) is 12.1 Å². The molecule has 1 aromatic rings. The Morgan fingerprint density at radius 2 is 1.83 bits per heavy atom. The van der Waals surface area contributed by atoms with Crippen molar-refractivity contribution in [3.8, 4) is 0 Å². The van der Waals surface area contributed by atoms with Crippen LogP contribution in [0.1, 0.15) is 0 Å². The van der Waals surface area contributed by atoms with Gasteiger partial charge >= 0.3 is 0 Å². The maximum Gasteiger partial charge on any atom is 0.246 e. The fraction of sp³-hybridized carbons (Fsp3) is 0.400. The van der Waals surface area contributed by atoms with Gasteiger partial charge in [0.05, 0.1) is 17.2 Å². The second kappa shape index (κ2) is 4.75. The summed E-state index contributed by atoms with van der Waals surface area (Å²) >= 11 is 5.53. The Morgan fingerprint density at radius 3 is 2.39 bits per heavy atom. The molecule has 0 spiro atoms. The average molecular weight is 296 g/mol. The summed E-state index contributed by atoms with van der Waals surface area (Å²) in [5, 5.41) is 18.4. The highest BCUT2D eigenvalue weighted by Crippen LogP contribution is 2.27. The molecule has 2 rings (SSSR count). The minimum atomic E-state index is -4.10. The van der Waals surface area contributed by atoms with Crippen LogP contribution in [0.3, 0.4) is 0 Å². The number of aliphatic hydroxyl groups is 2. The first-order valence-corrected chi connectivity index (χ1v) is 6.96. The van der Waals surface area contributed by atoms with E-state index in [0.29, 0.717) is 0 Å². The Labute approximate surface area is 108 Å². The summed E-state index contributed by atoms with van der Waals surface area (Å²) in [6.45, 7) is -0.537. The summed E-state index contributed by atoms with van der Waals surface area (Å²) in [6, 6.07) is 3.65. The van der Waals surface area contributed by atoms with Gasteiger partial charge in [0.25, 0.3) is 0 Å². The quantitative estimate of drug-likeness (QED) is 0.817. The van der Waals surface area contributed by atoms with Crippen LogP contribution in [0, 0.1) is 5.82 Å². The maximum atomic E-state index is 13.7. The Kier molecular flexibility index (Phi) is 3.61. The molecular weight excluding hydrogens is 285 g/mol. The monoisotopic (exact) mass is 295 g/mol. The molecule has 1 aliphatic rings. The summed E-state index contributed by atoms with van der Waals surface area (Å²) in [5.74, 6) is -1.03. The van der Waals surface area contributed by atoms with Gasteiger partial charge in [0.1, 0.15) is 4.90 Å². The van der Waals surface area contributed by atoms with Crippen molar-refractivity contribution < 1.29 is 23.0 Å². The van der Waals surface area contributed by atoms with Crippen LogP contribution in [0.4, 0.5) is 4.39 Å². The molecule has 100 valence electrons. The molecule has 2 atom stereocenters. The van der Waals surface area contributed by atoms with Crippen molar-refractivity contribution in [1.29, 1.82) is 0 Å². The van der Waals surface area contributed by atoms with E-state index >= 15 is 0 Å². The summed E-state index contributed by atoms with van der Waals surface area (Å²) < 4.78 is 38.7. The zero-order valence-electron chi connectivity index (χ0n) is 9.12. The highest BCUT2D eigenvalue weighted by atomic mass is 35.5. The molecule has 0 bridgehead atoms. The molecule has 5 nitrogen and oxygen atoms in total. The smallest absolute Gasteiger partial charge is 0.246 e. The van der Waals surface area contributed by atoms with E-state index in [1.54, 1.807) is 0 Å². The van der Waals surface area contributed by atoms with Gasteiger partial charge in [-0.2, -0.15) is 4.31 Å². The molecule has 1 heterocycles. The molecule has 1 aliphatic heterocycles. The second-order valence-corrected chi connectivity index (χ2v) is 6.32. The van der Waals surface area contributed by atoms with Crippen LogP contribution in [-0.4, -0.2) is 48.2 Å². The van der Waals surface area contributed by atoms with Crippen molar-refractivity contribution in [3.63, 3.8) is 0 Å². The van der Waals surface area contributed by atoms with Crippen LogP contribution in [0.5, 0.6) is 0 Å². The van der Waals surface area contributed by atoms with Crippen LogP contribution in [-0.2, 0) is 10.0 Å². The third-order valence-corrected chi connectivity index (χ3v) is 4.90. The molecule has 1 aromatic carbocycles. The molecule has 2 N–H and O–H groups in total. The van der Waals surface area contributed by atoms with Gasteiger partial charge in [0.15, 0.2) is 5.82 Å². The Balaban J connectivity index is 2.41. The zero-order valence-corrected chi connectivity index (χ0v) is 10.7. The van der Waals surface area contributed by atoms with Crippen molar-refractivity contribution in [2.75, 3.05) is 13.1 Å². The predicted molar refractivity (Wildman–Crippen MR) is 62.2 cm³/mol. The summed E-state index contributed by atoms with van der Waals surface area (Å²) in [5.41, 5.74) is 0. The highest BCUT2D eigenvalue weighted by molar-refractivity contribution is 7.89. The Bertz CT molecular complexity index is 555. The number of β-amino-alcohol motifs (C(OH)–C–C–N with tert-alkyl or cyclic N) is 2. The number of rotatable bonds is 2. The third kappa shape index (κ3) is 2.24. The number of sulfonamides is 1. The highest BCUT2D eigenvalue weighted by Gasteiger charge is 2.38. The first-order valence-electron chi connectivity index (χ1n) is 5.14. The molecule has 0 aliphatic carbocycles. The Morgan fingerprint density at radius 1 is 1.28 bits per heavy atom. The minimum absolute atomic E-state index is 0.268. The van der Waals surface area contributed by atoms with Gasteiger partial charge in [-0.1, -0.05) is 17.7 Å². The number of hydrogen-bond donors (Lipinski definition) is 2. The van der Waals surface area contributed by atoms with Crippen LogP contribution in [0.25, 0.3) is 0 Å². The van der Waals surface area contributed by atoms with E-state index < -0.39 is 32.9 Å². The number of hydrogen-bond acceptors (Lipinski definition) is 4. The molecule has 0 radical (unpaired) electrons. The van der Waals surface area contributed by atoms with Crippen molar-refractivity contribution in [1.82, 2.24) is 4.31 Å². The van der Waals surface area contributed by atoms with E-state index in [2.05, 4.69) is 0 Å². The van der Waals surface area contributed by atoms with Gasteiger partial charge in [0, 0.05) is 13.1 Å². The molecule has 1 saturated heterocycles. The number of nitrogens with zero attached hydrogens (tertiary/aromatic N) is 1. The molecule has 0 amide bonds. The largest absolute Gasteiger partial charge is 0.389 e. The van der Waals surface area contributed by atoms with Crippen molar-refractivity contribution >= 4 is 21.6 Å². The maximum absolute atomic E-state index is 13.7. The number of benzene rings is 1. The van der Waals surface area contributed by atoms with Crippen LogP contribution < -0.4 is 0 Å². The topological polar surface area (TPSA) is 77.8 Å². The molecule has 2 unspecified atom stereocenters. The molecular formula is C10H11ClFNO4S. The fourth-order valence-corrected chi connectivity index (χ4v) is 3.55. The molecule has 1 fully saturated rings. The van der Waals surface area contributed by atoms with Crippen LogP contribution in [0.2, 0.25) is 5.02 Å². The van der Waals surface area contributed by atoms with E-state index in [4.69, 9.17) is 11.6 Å². The number of halogens is 2. The Hall–Kier alpha value is -0.730. The number of aliphatic hydroxyl groups excluding tert-OH is 2. The lowest BCUT2D eigenvalue weighted by Crippen LogP contribution is -2.30. The van der Waals surface area contributed by atoms with Crippen molar-refractivity contribution in [2.24, 2.45) is 0 Å². The summed E-state index contributed by atoms with van der Waals surface area (Å²) in [6.07, 6.45) is -2.33. The van der Waals surface area contributed by atoms with Gasteiger partial charge in [-0.15, -0.1) is 0 Å². The van der Waals surface area contributed by atoms with E-state index in [0.717, 1.165) is 10.4 Å². The lowest BCUT2D eigenvalue weighted by Gasteiger charge is -2.16. The van der Waals surface area contributed by atoms with Crippen molar-refractivity contribution in [3.05, 3.63) is 29.0 Å². The van der Waals surface area contributed by atoms with Gasteiger partial charge in [0.2, 0.25) is 10.0 Å². The fourth-order valence-electron chi connectivity index (χ4n) is 1.75. The molecule has 8 heteroatoms. The van der Waals surface area contributed by atoms with E-state index in [1.165, 1.54) is 12.1 Å². The minimum Gasteiger partial charge on any atom is -0.389 e. The standard InChI is InChI=1S/C10H11ClFNO4S/c11-6-2-1-3-9(10(6)12)18(16,17)13-4-7(14)8(15)5-13/h1-3,7-8,14-15H,4-5H2.